The number of methoxy groups -OCH3 is 1. The van der Waals surface area contributed by atoms with Gasteiger partial charge in [-0.2, -0.15) is 29.0 Å². The van der Waals surface area contributed by atoms with Gasteiger partial charge in [0, 0.05) is 21.4 Å². The Morgan fingerprint density at radius 2 is 1.70 bits per heavy atom. The molecule has 0 aliphatic heterocycles. The normalized spacial score (nSPS) is 16.2. The maximum Gasteiger partial charge on any atom is 0.417 e. The van der Waals surface area contributed by atoms with E-state index in [1.54, 1.807) is 12.1 Å². The zero-order valence-corrected chi connectivity index (χ0v) is 23.9. The van der Waals surface area contributed by atoms with Crippen LogP contribution < -0.4 is 0 Å². The van der Waals surface area contributed by atoms with Gasteiger partial charge in [-0.25, -0.2) is 0 Å². The van der Waals surface area contributed by atoms with E-state index in [2.05, 4.69) is 30.9 Å². The summed E-state index contributed by atoms with van der Waals surface area (Å²) >= 11 is 1.26. The van der Waals surface area contributed by atoms with Crippen LogP contribution in [-0.2, 0) is 9.47 Å². The Labute approximate surface area is 237 Å². The van der Waals surface area contributed by atoms with Crippen LogP contribution in [-0.4, -0.2) is 43.4 Å². The van der Waals surface area contributed by atoms with Crippen molar-refractivity contribution in [2.45, 2.75) is 52.4 Å². The third-order valence-electron chi connectivity index (χ3n) is 5.91. The predicted molar refractivity (Wildman–Crippen MR) is 150 cm³/mol. The molecule has 6 nitrogen and oxygen atoms in total. The lowest BCUT2D eigenvalue weighted by Crippen LogP contribution is -2.35. The first-order valence-electron chi connectivity index (χ1n) is 12.6. The molecule has 10 heteroatoms. The zero-order valence-electron chi connectivity index (χ0n) is 23.0. The first kappa shape index (κ1) is 32.2. The highest BCUT2D eigenvalue weighted by Crippen LogP contribution is 2.34. The molecule has 0 saturated heterocycles. The molecule has 0 spiro atoms. The number of nitriles is 3. The van der Waals surface area contributed by atoms with Crippen molar-refractivity contribution in [3.05, 3.63) is 80.0 Å². The molecule has 0 amide bonds. The molecule has 40 heavy (non-hydrogen) atoms. The number of allylic oxidation sites excluding steroid dienone is 5. The second-order valence-electron chi connectivity index (χ2n) is 8.82. The lowest BCUT2D eigenvalue weighted by molar-refractivity contribution is -0.0888. The summed E-state index contributed by atoms with van der Waals surface area (Å²) in [5.41, 5.74) is -2.06. The second kappa shape index (κ2) is 14.9. The van der Waals surface area contributed by atoms with E-state index >= 15 is 0 Å². The third-order valence-corrected chi connectivity index (χ3v) is 6.92. The molecule has 1 aromatic rings. The first-order valence-corrected chi connectivity index (χ1v) is 13.4. The van der Waals surface area contributed by atoms with E-state index in [4.69, 9.17) is 20.0 Å². The average Bonchev–Trinajstić information content (AvgIpc) is 3.37. The Bertz CT molecular complexity index is 1350. The Hall–Kier alpha value is -4.04. The maximum atomic E-state index is 13.9. The number of nitrogens with zero attached hydrogens (tertiary/aromatic N) is 4. The second-order valence-corrected chi connectivity index (χ2v) is 9.97. The fourth-order valence-electron chi connectivity index (χ4n) is 4.04. The number of thiophene rings is 1. The van der Waals surface area contributed by atoms with Crippen molar-refractivity contribution >= 4 is 23.5 Å². The summed E-state index contributed by atoms with van der Waals surface area (Å²) in [6.45, 7) is 10.0. The summed E-state index contributed by atoms with van der Waals surface area (Å²) in [4.78, 5) is 3.67. The molecule has 1 atom stereocenters. The summed E-state index contributed by atoms with van der Waals surface area (Å²) in [5, 5.41) is 27.6. The summed E-state index contributed by atoms with van der Waals surface area (Å²) in [6, 6.07) is 8.04. The molecule has 0 bridgehead atoms. The summed E-state index contributed by atoms with van der Waals surface area (Å²) in [5.74, 6) is 0.0712. The number of hydrogen-bond acceptors (Lipinski definition) is 7. The van der Waals surface area contributed by atoms with Crippen molar-refractivity contribution in [3.63, 3.8) is 0 Å². The first-order chi connectivity index (χ1) is 19.0. The van der Waals surface area contributed by atoms with Gasteiger partial charge in [0.2, 0.25) is 0 Å². The van der Waals surface area contributed by atoms with E-state index in [1.807, 2.05) is 26.0 Å². The quantitative estimate of drug-likeness (QED) is 0.156. The molecule has 210 valence electrons. The van der Waals surface area contributed by atoms with Gasteiger partial charge in [0.05, 0.1) is 18.8 Å². The van der Waals surface area contributed by atoms with Crippen molar-refractivity contribution < 1.29 is 22.6 Å². The molecular weight excluding hydrogens is 537 g/mol. The van der Waals surface area contributed by atoms with Crippen molar-refractivity contribution in [1.82, 2.24) is 4.90 Å². The smallest absolute Gasteiger partial charge is 0.417 e. The number of alkyl halides is 3. The molecule has 1 aliphatic carbocycles. The van der Waals surface area contributed by atoms with Crippen molar-refractivity contribution in [3.8, 4) is 18.2 Å². The highest BCUT2D eigenvalue weighted by molar-refractivity contribution is 7.13. The monoisotopic (exact) mass is 568 g/mol. The van der Waals surface area contributed by atoms with Gasteiger partial charge in [-0.05, 0) is 69.8 Å². The molecule has 1 unspecified atom stereocenters. The van der Waals surface area contributed by atoms with Gasteiger partial charge < -0.3 is 9.47 Å². The lowest BCUT2D eigenvalue weighted by Gasteiger charge is -2.30. The van der Waals surface area contributed by atoms with Gasteiger partial charge in [0.25, 0.3) is 0 Å². The van der Waals surface area contributed by atoms with Crippen LogP contribution in [0.5, 0.6) is 0 Å². The SMILES string of the molecule is CCN(CC)C1C=C(OC(C)C)C(/C=C/c2ccc(/C=C/C(=C(\C#N)C(OC)=C(C#N)C#N)C(F)(F)F)s2)=CC1. The Morgan fingerprint density at radius 1 is 1.07 bits per heavy atom. The molecule has 0 fully saturated rings. The highest BCUT2D eigenvalue weighted by atomic mass is 32.1. The van der Waals surface area contributed by atoms with E-state index in [-0.39, 0.29) is 12.1 Å². The fraction of sp³-hybridized carbons (Fsp3) is 0.367. The van der Waals surface area contributed by atoms with Crippen molar-refractivity contribution in [2.75, 3.05) is 20.2 Å². The van der Waals surface area contributed by atoms with E-state index in [0.29, 0.717) is 4.88 Å². The number of halogens is 3. The van der Waals surface area contributed by atoms with Gasteiger partial charge in [-0.15, -0.1) is 11.3 Å². The third kappa shape index (κ3) is 8.48. The van der Waals surface area contributed by atoms with Crippen LogP contribution in [0, 0.1) is 34.0 Å². The Balaban J connectivity index is 2.38. The van der Waals surface area contributed by atoms with Gasteiger partial charge >= 0.3 is 6.18 Å². The molecule has 0 aromatic carbocycles. The maximum absolute atomic E-state index is 13.9. The molecule has 0 radical (unpaired) electrons. The summed E-state index contributed by atoms with van der Waals surface area (Å²) < 4.78 is 52.5. The number of rotatable bonds is 11. The minimum atomic E-state index is -4.93. The zero-order chi connectivity index (χ0) is 29.9. The predicted octanol–water partition coefficient (Wildman–Crippen LogP) is 7.45. The van der Waals surface area contributed by atoms with Crippen LogP contribution >= 0.6 is 11.3 Å². The minimum Gasteiger partial charge on any atom is -0.493 e. The van der Waals surface area contributed by atoms with Gasteiger partial charge in [0.15, 0.2) is 11.3 Å². The molecule has 0 N–H and O–H groups in total. The largest absolute Gasteiger partial charge is 0.493 e. The van der Waals surface area contributed by atoms with Crippen LogP contribution in [0.25, 0.3) is 12.2 Å². The van der Waals surface area contributed by atoms with E-state index in [9.17, 15) is 18.4 Å². The lowest BCUT2D eigenvalue weighted by atomic mass is 9.99. The molecular formula is C30H31F3N4O2S. The number of hydrogen-bond donors (Lipinski definition) is 0. The van der Waals surface area contributed by atoms with Crippen LogP contribution in [0.1, 0.15) is 43.9 Å². The van der Waals surface area contributed by atoms with E-state index in [1.165, 1.54) is 35.6 Å². The molecule has 1 heterocycles. The fourth-order valence-corrected chi connectivity index (χ4v) is 4.86. The minimum absolute atomic E-state index is 0.00275. The van der Waals surface area contributed by atoms with E-state index < -0.39 is 28.7 Å². The van der Waals surface area contributed by atoms with Crippen LogP contribution in [0.3, 0.4) is 0 Å². The van der Waals surface area contributed by atoms with Gasteiger partial charge in [0.1, 0.15) is 29.5 Å². The van der Waals surface area contributed by atoms with E-state index in [0.717, 1.165) is 48.9 Å². The topological polar surface area (TPSA) is 93.1 Å². The molecule has 2 rings (SSSR count). The van der Waals surface area contributed by atoms with Gasteiger partial charge in [-0.1, -0.05) is 26.0 Å². The standard InChI is InChI=1S/C30H31F3N4O2S/c1-6-37(7-2)23-10-8-21(28(16-23)39-20(3)4)9-11-24-12-13-25(40-24)14-15-27(30(31,32)33)26(19-36)29(38-5)22(17-34)18-35/h8-9,11-16,20,23H,6-7,10H2,1-5H3/b11-9+,15-14+,27-26-. The average molecular weight is 569 g/mol. The van der Waals surface area contributed by atoms with Crippen molar-refractivity contribution in [2.24, 2.45) is 0 Å². The Morgan fingerprint density at radius 3 is 2.20 bits per heavy atom. The van der Waals surface area contributed by atoms with Crippen molar-refractivity contribution in [1.29, 1.82) is 15.8 Å². The Kier molecular flexibility index (Phi) is 12.0. The number of likely N-dealkylation sites (N-methyl/N-ethyl adjacent to an activating group) is 1. The molecule has 0 saturated carbocycles. The van der Waals surface area contributed by atoms with Crippen LogP contribution in [0.4, 0.5) is 13.2 Å². The van der Waals surface area contributed by atoms with Crippen LogP contribution in [0.15, 0.2) is 70.2 Å². The molecule has 1 aliphatic rings. The summed E-state index contributed by atoms with van der Waals surface area (Å²) in [6.07, 6.45) is 5.97. The highest BCUT2D eigenvalue weighted by Gasteiger charge is 2.37. The number of ether oxygens (including phenoxy) is 2. The van der Waals surface area contributed by atoms with Crippen LogP contribution in [0.2, 0.25) is 0 Å². The molecule has 1 aromatic heterocycles. The summed E-state index contributed by atoms with van der Waals surface area (Å²) in [7, 11) is 0.995. The van der Waals surface area contributed by atoms with Gasteiger partial charge in [-0.3, -0.25) is 4.90 Å².